The highest BCUT2D eigenvalue weighted by Gasteiger charge is 2.12. The minimum Gasteiger partial charge on any atom is -0.370 e. The van der Waals surface area contributed by atoms with Crippen molar-refractivity contribution in [1.29, 1.82) is 0 Å². The summed E-state index contributed by atoms with van der Waals surface area (Å²) < 4.78 is 1.08. The monoisotopic (exact) mass is 297 g/mol. The number of hydrogen-bond donors (Lipinski definition) is 1. The lowest BCUT2D eigenvalue weighted by atomic mass is 10.2. The fraction of sp³-hybridized carbons (Fsp3) is 0.273. The van der Waals surface area contributed by atoms with Gasteiger partial charge in [0.25, 0.3) is 0 Å². The van der Waals surface area contributed by atoms with E-state index >= 15 is 0 Å². The quantitative estimate of drug-likeness (QED) is 0.938. The Hall–Kier alpha value is -0.940. The number of halogens is 1. The van der Waals surface area contributed by atoms with Gasteiger partial charge in [0.15, 0.2) is 0 Å². The van der Waals surface area contributed by atoms with Crippen molar-refractivity contribution in [3.05, 3.63) is 27.8 Å². The SMILES string of the molecule is CCNc1ncnc(-c2sccc2Br)c1C. The van der Waals surface area contributed by atoms with Crippen LogP contribution in [0.15, 0.2) is 22.2 Å². The number of hydrogen-bond acceptors (Lipinski definition) is 4. The van der Waals surface area contributed by atoms with Crippen LogP contribution in [0.4, 0.5) is 5.82 Å². The third-order valence-electron chi connectivity index (χ3n) is 2.26. The molecule has 0 aliphatic carbocycles. The predicted molar refractivity (Wildman–Crippen MR) is 71.9 cm³/mol. The summed E-state index contributed by atoms with van der Waals surface area (Å²) in [6, 6.07) is 2.04. The highest BCUT2D eigenvalue weighted by Crippen LogP contribution is 2.35. The van der Waals surface area contributed by atoms with Gasteiger partial charge in [0.05, 0.1) is 10.6 Å². The molecule has 0 saturated carbocycles. The molecule has 2 aromatic rings. The number of rotatable bonds is 3. The first kappa shape index (κ1) is 11.5. The van der Waals surface area contributed by atoms with Crippen LogP contribution < -0.4 is 5.32 Å². The third kappa shape index (κ3) is 2.10. The molecule has 0 fully saturated rings. The minimum absolute atomic E-state index is 0.864. The van der Waals surface area contributed by atoms with Crippen molar-refractivity contribution in [1.82, 2.24) is 9.97 Å². The highest BCUT2D eigenvalue weighted by atomic mass is 79.9. The van der Waals surface area contributed by atoms with E-state index in [9.17, 15) is 0 Å². The molecule has 2 heterocycles. The third-order valence-corrected chi connectivity index (χ3v) is 4.10. The smallest absolute Gasteiger partial charge is 0.132 e. The summed E-state index contributed by atoms with van der Waals surface area (Å²) >= 11 is 5.21. The molecule has 0 aromatic carbocycles. The number of nitrogens with zero attached hydrogens (tertiary/aromatic N) is 2. The van der Waals surface area contributed by atoms with E-state index in [1.165, 1.54) is 0 Å². The van der Waals surface area contributed by atoms with Crippen LogP contribution in [-0.4, -0.2) is 16.5 Å². The van der Waals surface area contributed by atoms with E-state index in [0.717, 1.165) is 33.0 Å². The van der Waals surface area contributed by atoms with Gasteiger partial charge in [0.1, 0.15) is 12.1 Å². The zero-order chi connectivity index (χ0) is 11.5. The van der Waals surface area contributed by atoms with Crippen molar-refractivity contribution in [3.63, 3.8) is 0 Å². The molecule has 0 aliphatic rings. The molecular formula is C11H12BrN3S. The van der Waals surface area contributed by atoms with Crippen LogP contribution in [0, 0.1) is 6.92 Å². The van der Waals surface area contributed by atoms with Crippen LogP contribution in [0.25, 0.3) is 10.6 Å². The van der Waals surface area contributed by atoms with Gasteiger partial charge in [-0.25, -0.2) is 9.97 Å². The van der Waals surface area contributed by atoms with Crippen molar-refractivity contribution in [2.24, 2.45) is 0 Å². The summed E-state index contributed by atoms with van der Waals surface area (Å²) in [6.07, 6.45) is 1.60. The lowest BCUT2D eigenvalue weighted by molar-refractivity contribution is 1.09. The van der Waals surface area contributed by atoms with Crippen molar-refractivity contribution >= 4 is 33.1 Å². The molecule has 0 spiro atoms. The van der Waals surface area contributed by atoms with Gasteiger partial charge in [0.2, 0.25) is 0 Å². The van der Waals surface area contributed by atoms with Crippen molar-refractivity contribution in [2.45, 2.75) is 13.8 Å². The van der Waals surface area contributed by atoms with Gasteiger partial charge >= 0.3 is 0 Å². The first-order valence-corrected chi connectivity index (χ1v) is 6.70. The van der Waals surface area contributed by atoms with Crippen molar-refractivity contribution in [2.75, 3.05) is 11.9 Å². The van der Waals surface area contributed by atoms with Crippen LogP contribution in [0.5, 0.6) is 0 Å². The van der Waals surface area contributed by atoms with E-state index in [1.54, 1.807) is 17.7 Å². The van der Waals surface area contributed by atoms with E-state index < -0.39 is 0 Å². The number of nitrogens with one attached hydrogen (secondary N) is 1. The lowest BCUT2D eigenvalue weighted by Crippen LogP contribution is -2.03. The maximum absolute atomic E-state index is 4.35. The van der Waals surface area contributed by atoms with Gasteiger partial charge in [-0.15, -0.1) is 11.3 Å². The van der Waals surface area contributed by atoms with Gasteiger partial charge < -0.3 is 5.32 Å². The maximum Gasteiger partial charge on any atom is 0.132 e. The number of thiophene rings is 1. The maximum atomic E-state index is 4.35. The van der Waals surface area contributed by atoms with E-state index in [1.807, 2.05) is 18.4 Å². The van der Waals surface area contributed by atoms with E-state index in [0.29, 0.717) is 0 Å². The molecule has 3 nitrogen and oxygen atoms in total. The molecule has 0 aliphatic heterocycles. The average Bonchev–Trinajstić information content (AvgIpc) is 2.68. The molecule has 5 heteroatoms. The van der Waals surface area contributed by atoms with Crippen LogP contribution in [0.1, 0.15) is 12.5 Å². The van der Waals surface area contributed by atoms with Gasteiger partial charge in [-0.3, -0.25) is 0 Å². The van der Waals surface area contributed by atoms with Crippen molar-refractivity contribution in [3.8, 4) is 10.6 Å². The van der Waals surface area contributed by atoms with Gasteiger partial charge in [-0.05, 0) is 41.2 Å². The Labute approximate surface area is 107 Å². The molecule has 2 rings (SSSR count). The fourth-order valence-electron chi connectivity index (χ4n) is 1.49. The summed E-state index contributed by atoms with van der Waals surface area (Å²) in [6.45, 7) is 4.96. The van der Waals surface area contributed by atoms with E-state index in [-0.39, 0.29) is 0 Å². The molecular weight excluding hydrogens is 286 g/mol. The molecule has 0 atom stereocenters. The molecule has 0 unspecified atom stereocenters. The molecule has 0 saturated heterocycles. The fourth-order valence-corrected chi connectivity index (χ4v) is 3.10. The van der Waals surface area contributed by atoms with E-state index in [4.69, 9.17) is 0 Å². The summed E-state index contributed by atoms with van der Waals surface area (Å²) in [7, 11) is 0. The average molecular weight is 298 g/mol. The Balaban J connectivity index is 2.50. The zero-order valence-corrected chi connectivity index (χ0v) is 11.5. The van der Waals surface area contributed by atoms with E-state index in [2.05, 4.69) is 38.1 Å². The molecule has 16 heavy (non-hydrogen) atoms. The molecule has 0 amide bonds. The summed E-state index contributed by atoms with van der Waals surface area (Å²) in [4.78, 5) is 9.74. The number of anilines is 1. The standard InChI is InChI=1S/C11H12BrN3S/c1-3-13-11-7(2)9(14-6-15-11)10-8(12)4-5-16-10/h4-6H,3H2,1-2H3,(H,13,14,15). The molecule has 0 bridgehead atoms. The van der Waals surface area contributed by atoms with Crippen LogP contribution >= 0.6 is 27.3 Å². The van der Waals surface area contributed by atoms with Gasteiger partial charge in [-0.2, -0.15) is 0 Å². The molecule has 2 aromatic heterocycles. The Morgan fingerprint density at radius 2 is 2.25 bits per heavy atom. The minimum atomic E-state index is 0.864. The van der Waals surface area contributed by atoms with Gasteiger partial charge in [-0.1, -0.05) is 0 Å². The predicted octanol–water partition coefficient (Wildman–Crippen LogP) is 3.71. The van der Waals surface area contributed by atoms with Crippen LogP contribution in [-0.2, 0) is 0 Å². The Morgan fingerprint density at radius 1 is 1.44 bits per heavy atom. The summed E-state index contributed by atoms with van der Waals surface area (Å²) in [5.41, 5.74) is 2.08. The first-order valence-electron chi connectivity index (χ1n) is 5.03. The zero-order valence-electron chi connectivity index (χ0n) is 9.12. The molecule has 84 valence electrons. The summed E-state index contributed by atoms with van der Waals surface area (Å²) in [5, 5.41) is 5.29. The Morgan fingerprint density at radius 3 is 2.88 bits per heavy atom. The Bertz CT molecular complexity index is 496. The van der Waals surface area contributed by atoms with Crippen molar-refractivity contribution < 1.29 is 0 Å². The topological polar surface area (TPSA) is 37.8 Å². The van der Waals surface area contributed by atoms with Crippen LogP contribution in [0.2, 0.25) is 0 Å². The molecule has 0 radical (unpaired) electrons. The normalized spacial score (nSPS) is 10.4. The highest BCUT2D eigenvalue weighted by molar-refractivity contribution is 9.10. The largest absolute Gasteiger partial charge is 0.370 e. The van der Waals surface area contributed by atoms with Gasteiger partial charge in [0, 0.05) is 16.6 Å². The Kier molecular flexibility index (Phi) is 3.56. The molecule has 1 N–H and O–H groups in total. The summed E-state index contributed by atoms with van der Waals surface area (Å²) in [5.74, 6) is 0.910. The second-order valence-corrected chi connectivity index (χ2v) is 5.09. The van der Waals surface area contributed by atoms with Crippen LogP contribution in [0.3, 0.4) is 0 Å². The number of aromatic nitrogens is 2. The lowest BCUT2D eigenvalue weighted by Gasteiger charge is -2.09. The second kappa shape index (κ2) is 4.93. The second-order valence-electron chi connectivity index (χ2n) is 3.32. The first-order chi connectivity index (χ1) is 7.74.